The van der Waals surface area contributed by atoms with Gasteiger partial charge < -0.3 is 5.32 Å². The predicted molar refractivity (Wildman–Crippen MR) is 109 cm³/mol. The van der Waals surface area contributed by atoms with Crippen LogP contribution in [0.4, 0.5) is 0 Å². The van der Waals surface area contributed by atoms with E-state index in [1.54, 1.807) is 23.3 Å². The molecule has 3 aromatic rings. The molecule has 2 heterocycles. The molecule has 5 rings (SSSR count). The average molecular weight is 383 g/mol. The standard InChI is InChI=1S/C23H21N5O/c1-15-2-3-16(22(29)27-19-4-5-19)8-21(15)17-10-26-28(13-17)20-9-18(11-25-12-20)23(14-24)6-7-23/h2-3,8-13,19H,4-7H2,1H3,(H,27,29). The maximum absolute atomic E-state index is 12.4. The van der Waals surface area contributed by atoms with E-state index in [1.165, 1.54) is 0 Å². The van der Waals surface area contributed by atoms with Crippen LogP contribution in [-0.2, 0) is 5.41 Å². The van der Waals surface area contributed by atoms with Crippen LogP contribution >= 0.6 is 0 Å². The molecule has 0 spiro atoms. The number of carbonyl (C=O) groups excluding carboxylic acids is 1. The fourth-order valence-electron chi connectivity index (χ4n) is 3.58. The smallest absolute Gasteiger partial charge is 0.251 e. The summed E-state index contributed by atoms with van der Waals surface area (Å²) in [6.07, 6.45) is 11.2. The van der Waals surface area contributed by atoms with Crippen LogP contribution in [0, 0.1) is 18.3 Å². The summed E-state index contributed by atoms with van der Waals surface area (Å²) in [6, 6.07) is 10.5. The number of hydrogen-bond donors (Lipinski definition) is 1. The summed E-state index contributed by atoms with van der Waals surface area (Å²) in [4.78, 5) is 16.7. The molecule has 29 heavy (non-hydrogen) atoms. The highest BCUT2D eigenvalue weighted by Gasteiger charge is 2.45. The summed E-state index contributed by atoms with van der Waals surface area (Å²) in [5.74, 6) is -0.0238. The number of pyridine rings is 1. The number of benzene rings is 1. The van der Waals surface area contributed by atoms with Crippen LogP contribution in [0.25, 0.3) is 16.8 Å². The van der Waals surface area contributed by atoms with Crippen molar-refractivity contribution in [1.29, 1.82) is 5.26 Å². The fourth-order valence-corrected chi connectivity index (χ4v) is 3.58. The van der Waals surface area contributed by atoms with Crippen molar-refractivity contribution in [2.24, 2.45) is 0 Å². The first-order valence-corrected chi connectivity index (χ1v) is 9.92. The minimum Gasteiger partial charge on any atom is -0.349 e. The summed E-state index contributed by atoms with van der Waals surface area (Å²) >= 11 is 0. The lowest BCUT2D eigenvalue weighted by Gasteiger charge is -2.09. The molecular formula is C23H21N5O. The van der Waals surface area contributed by atoms with Crippen LogP contribution in [0.1, 0.15) is 47.2 Å². The van der Waals surface area contributed by atoms with Gasteiger partial charge in [0.1, 0.15) is 0 Å². The lowest BCUT2D eigenvalue weighted by molar-refractivity contribution is 0.0951. The summed E-state index contributed by atoms with van der Waals surface area (Å²) in [5.41, 5.74) is 5.08. The van der Waals surface area contributed by atoms with Crippen LogP contribution in [0.15, 0.2) is 49.1 Å². The third-order valence-electron chi connectivity index (χ3n) is 5.81. The van der Waals surface area contributed by atoms with Crippen LogP contribution in [0.5, 0.6) is 0 Å². The Balaban J connectivity index is 1.45. The third-order valence-corrected chi connectivity index (χ3v) is 5.81. The molecule has 6 nitrogen and oxygen atoms in total. The zero-order valence-corrected chi connectivity index (χ0v) is 16.2. The Kier molecular flexibility index (Phi) is 3.99. The van der Waals surface area contributed by atoms with E-state index in [9.17, 15) is 10.1 Å². The Bertz CT molecular complexity index is 1150. The van der Waals surface area contributed by atoms with E-state index >= 15 is 0 Å². The first-order chi connectivity index (χ1) is 14.1. The molecule has 0 atom stereocenters. The minimum absolute atomic E-state index is 0.0238. The zero-order valence-electron chi connectivity index (χ0n) is 16.2. The monoisotopic (exact) mass is 383 g/mol. The highest BCUT2D eigenvalue weighted by Crippen LogP contribution is 2.47. The second-order valence-electron chi connectivity index (χ2n) is 8.08. The lowest BCUT2D eigenvalue weighted by atomic mass is 9.99. The van der Waals surface area contributed by atoms with E-state index in [1.807, 2.05) is 37.4 Å². The molecule has 0 unspecified atom stereocenters. The van der Waals surface area contributed by atoms with Gasteiger partial charge in [-0.1, -0.05) is 6.07 Å². The molecule has 6 heteroatoms. The Morgan fingerprint density at radius 3 is 2.79 bits per heavy atom. The van der Waals surface area contributed by atoms with Gasteiger partial charge in [-0.2, -0.15) is 10.4 Å². The van der Waals surface area contributed by atoms with Gasteiger partial charge in [-0.25, -0.2) is 4.68 Å². The van der Waals surface area contributed by atoms with Gasteiger partial charge >= 0.3 is 0 Å². The molecule has 0 radical (unpaired) electrons. The van der Waals surface area contributed by atoms with Gasteiger partial charge in [0, 0.05) is 29.6 Å². The second kappa shape index (κ2) is 6.56. The molecule has 2 aliphatic rings. The number of amides is 1. The first kappa shape index (κ1) is 17.6. The van der Waals surface area contributed by atoms with Crippen molar-refractivity contribution in [2.75, 3.05) is 0 Å². The normalized spacial score (nSPS) is 16.8. The van der Waals surface area contributed by atoms with Gasteiger partial charge in [0.25, 0.3) is 5.91 Å². The van der Waals surface area contributed by atoms with E-state index in [-0.39, 0.29) is 11.3 Å². The van der Waals surface area contributed by atoms with Gasteiger partial charge in [-0.05, 0) is 67.5 Å². The predicted octanol–water partition coefficient (Wildman–Crippen LogP) is 3.69. The van der Waals surface area contributed by atoms with E-state index in [0.29, 0.717) is 11.6 Å². The molecule has 1 aromatic carbocycles. The van der Waals surface area contributed by atoms with E-state index in [2.05, 4.69) is 21.5 Å². The van der Waals surface area contributed by atoms with Gasteiger partial charge in [0.15, 0.2) is 0 Å². The number of carbonyl (C=O) groups is 1. The van der Waals surface area contributed by atoms with E-state index in [0.717, 1.165) is 53.6 Å². The van der Waals surface area contributed by atoms with Crippen molar-refractivity contribution in [2.45, 2.75) is 44.1 Å². The number of rotatable bonds is 5. The van der Waals surface area contributed by atoms with Crippen molar-refractivity contribution < 1.29 is 4.79 Å². The molecule has 2 saturated carbocycles. The molecule has 1 amide bonds. The Morgan fingerprint density at radius 2 is 2.07 bits per heavy atom. The lowest BCUT2D eigenvalue weighted by Crippen LogP contribution is -2.25. The van der Waals surface area contributed by atoms with Gasteiger partial charge in [0.05, 0.1) is 29.6 Å². The Labute approximate surface area is 169 Å². The van der Waals surface area contributed by atoms with Crippen LogP contribution in [0.2, 0.25) is 0 Å². The van der Waals surface area contributed by atoms with Crippen molar-refractivity contribution in [3.8, 4) is 22.9 Å². The fraction of sp³-hybridized carbons (Fsp3) is 0.304. The second-order valence-corrected chi connectivity index (χ2v) is 8.08. The quantitative estimate of drug-likeness (QED) is 0.728. The van der Waals surface area contributed by atoms with Crippen LogP contribution in [-0.4, -0.2) is 26.7 Å². The molecule has 2 fully saturated rings. The molecule has 0 saturated heterocycles. The highest BCUT2D eigenvalue weighted by atomic mass is 16.1. The Hall–Kier alpha value is -3.46. The average Bonchev–Trinajstić information content (AvgIpc) is 3.67. The molecule has 2 aromatic heterocycles. The number of nitriles is 1. The number of aryl methyl sites for hydroxylation is 1. The molecule has 1 N–H and O–H groups in total. The molecule has 0 aliphatic heterocycles. The van der Waals surface area contributed by atoms with Crippen molar-refractivity contribution in [3.63, 3.8) is 0 Å². The van der Waals surface area contributed by atoms with Crippen molar-refractivity contribution >= 4 is 5.91 Å². The molecule has 144 valence electrons. The van der Waals surface area contributed by atoms with Gasteiger partial charge in [0.2, 0.25) is 0 Å². The van der Waals surface area contributed by atoms with Crippen molar-refractivity contribution in [3.05, 3.63) is 65.7 Å². The van der Waals surface area contributed by atoms with Crippen LogP contribution < -0.4 is 5.32 Å². The number of aromatic nitrogens is 3. The summed E-state index contributed by atoms with van der Waals surface area (Å²) in [7, 11) is 0. The largest absolute Gasteiger partial charge is 0.349 e. The topological polar surface area (TPSA) is 83.6 Å². The molecular weight excluding hydrogens is 362 g/mol. The minimum atomic E-state index is -0.376. The summed E-state index contributed by atoms with van der Waals surface area (Å²) in [5, 5.41) is 17.0. The Morgan fingerprint density at radius 1 is 1.24 bits per heavy atom. The summed E-state index contributed by atoms with van der Waals surface area (Å²) in [6.45, 7) is 2.03. The van der Waals surface area contributed by atoms with E-state index in [4.69, 9.17) is 0 Å². The molecule has 0 bridgehead atoms. The summed E-state index contributed by atoms with van der Waals surface area (Å²) < 4.78 is 1.77. The maximum Gasteiger partial charge on any atom is 0.251 e. The number of nitrogens with one attached hydrogen (secondary N) is 1. The third kappa shape index (κ3) is 3.29. The van der Waals surface area contributed by atoms with Crippen LogP contribution in [0.3, 0.4) is 0 Å². The maximum atomic E-state index is 12.4. The van der Waals surface area contributed by atoms with Gasteiger partial charge in [-0.3, -0.25) is 9.78 Å². The zero-order chi connectivity index (χ0) is 20.0. The van der Waals surface area contributed by atoms with E-state index < -0.39 is 0 Å². The number of nitrogens with zero attached hydrogens (tertiary/aromatic N) is 4. The number of hydrogen-bond acceptors (Lipinski definition) is 4. The SMILES string of the molecule is Cc1ccc(C(=O)NC2CC2)cc1-c1cnn(-c2cncc(C3(C#N)CC3)c2)c1. The van der Waals surface area contributed by atoms with Gasteiger partial charge in [-0.15, -0.1) is 0 Å². The van der Waals surface area contributed by atoms with Crippen molar-refractivity contribution in [1.82, 2.24) is 20.1 Å². The molecule has 2 aliphatic carbocycles. The highest BCUT2D eigenvalue weighted by molar-refractivity contribution is 5.96. The first-order valence-electron chi connectivity index (χ1n) is 9.92.